The SMILES string of the molecule is O=C1CC[C@@H](C(=O)Oc2cccc3ccccc23)N1. The Morgan fingerprint density at radius 3 is 2.74 bits per heavy atom. The number of ether oxygens (including phenoxy) is 1. The van der Waals surface area contributed by atoms with Crippen molar-refractivity contribution in [2.75, 3.05) is 0 Å². The normalized spacial score (nSPS) is 18.3. The molecule has 1 fully saturated rings. The van der Waals surface area contributed by atoms with Crippen LogP contribution in [-0.2, 0) is 9.59 Å². The van der Waals surface area contributed by atoms with E-state index in [0.29, 0.717) is 18.6 Å². The zero-order valence-corrected chi connectivity index (χ0v) is 10.3. The first-order valence-electron chi connectivity index (χ1n) is 6.23. The predicted molar refractivity (Wildman–Crippen MR) is 70.7 cm³/mol. The quantitative estimate of drug-likeness (QED) is 0.660. The largest absolute Gasteiger partial charge is 0.424 e. The maximum atomic E-state index is 12.0. The third-order valence-electron chi connectivity index (χ3n) is 3.24. The standard InChI is InChI=1S/C15H13NO3/c17-14-9-8-12(16-14)15(18)19-13-7-3-5-10-4-1-2-6-11(10)13/h1-7,12H,8-9H2,(H,16,17)/t12-/m0/s1. The van der Waals surface area contributed by atoms with Crippen LogP contribution >= 0.6 is 0 Å². The summed E-state index contributed by atoms with van der Waals surface area (Å²) in [7, 11) is 0. The zero-order valence-electron chi connectivity index (χ0n) is 10.3. The van der Waals surface area contributed by atoms with Gasteiger partial charge in [-0.2, -0.15) is 0 Å². The number of fused-ring (bicyclic) bond motifs is 1. The molecule has 1 aliphatic rings. The summed E-state index contributed by atoms with van der Waals surface area (Å²) in [5.41, 5.74) is 0. The Kier molecular flexibility index (Phi) is 2.91. The van der Waals surface area contributed by atoms with E-state index >= 15 is 0 Å². The topological polar surface area (TPSA) is 55.4 Å². The number of nitrogens with one attached hydrogen (secondary N) is 1. The van der Waals surface area contributed by atoms with Crippen molar-refractivity contribution in [1.29, 1.82) is 0 Å². The maximum absolute atomic E-state index is 12.0. The second kappa shape index (κ2) is 4.72. The molecule has 1 aliphatic heterocycles. The van der Waals surface area contributed by atoms with Crippen LogP contribution in [-0.4, -0.2) is 17.9 Å². The van der Waals surface area contributed by atoms with Crippen molar-refractivity contribution in [2.24, 2.45) is 0 Å². The molecule has 3 rings (SSSR count). The van der Waals surface area contributed by atoms with Crippen LogP contribution in [0.1, 0.15) is 12.8 Å². The molecule has 0 aliphatic carbocycles. The van der Waals surface area contributed by atoms with Gasteiger partial charge in [0.25, 0.3) is 0 Å². The van der Waals surface area contributed by atoms with Gasteiger partial charge in [0, 0.05) is 11.8 Å². The molecule has 0 spiro atoms. The molecule has 2 aromatic rings. The Labute approximate surface area is 110 Å². The van der Waals surface area contributed by atoms with Crippen LogP contribution in [0.4, 0.5) is 0 Å². The molecule has 0 bridgehead atoms. The van der Waals surface area contributed by atoms with Crippen LogP contribution in [0.15, 0.2) is 42.5 Å². The molecule has 0 radical (unpaired) electrons. The van der Waals surface area contributed by atoms with Gasteiger partial charge < -0.3 is 10.1 Å². The highest BCUT2D eigenvalue weighted by Crippen LogP contribution is 2.25. The second-order valence-corrected chi connectivity index (χ2v) is 4.56. The van der Waals surface area contributed by atoms with Crippen molar-refractivity contribution in [1.82, 2.24) is 5.32 Å². The van der Waals surface area contributed by atoms with Gasteiger partial charge in [-0.3, -0.25) is 4.79 Å². The molecule has 19 heavy (non-hydrogen) atoms. The van der Waals surface area contributed by atoms with Gasteiger partial charge in [-0.15, -0.1) is 0 Å². The van der Waals surface area contributed by atoms with E-state index in [1.165, 1.54) is 0 Å². The molecule has 0 aromatic heterocycles. The van der Waals surface area contributed by atoms with Gasteiger partial charge in [-0.05, 0) is 17.9 Å². The van der Waals surface area contributed by atoms with Gasteiger partial charge in [0.15, 0.2) is 0 Å². The van der Waals surface area contributed by atoms with Crippen molar-refractivity contribution in [2.45, 2.75) is 18.9 Å². The Hall–Kier alpha value is -2.36. The molecule has 4 nitrogen and oxygen atoms in total. The Morgan fingerprint density at radius 1 is 1.16 bits per heavy atom. The van der Waals surface area contributed by atoms with E-state index in [1.54, 1.807) is 6.07 Å². The summed E-state index contributed by atoms with van der Waals surface area (Å²) in [5.74, 6) is 0.0336. The lowest BCUT2D eigenvalue weighted by Gasteiger charge is -2.11. The van der Waals surface area contributed by atoms with Gasteiger partial charge in [0.05, 0.1) is 0 Å². The van der Waals surface area contributed by atoms with Crippen molar-refractivity contribution in [3.63, 3.8) is 0 Å². The minimum atomic E-state index is -0.522. The van der Waals surface area contributed by atoms with Crippen molar-refractivity contribution in [3.05, 3.63) is 42.5 Å². The van der Waals surface area contributed by atoms with E-state index in [9.17, 15) is 9.59 Å². The van der Waals surface area contributed by atoms with Crippen LogP contribution in [0.2, 0.25) is 0 Å². The fourth-order valence-corrected chi connectivity index (χ4v) is 2.26. The smallest absolute Gasteiger partial charge is 0.334 e. The molecule has 1 heterocycles. The van der Waals surface area contributed by atoms with Gasteiger partial charge in [-0.25, -0.2) is 4.79 Å². The lowest BCUT2D eigenvalue weighted by atomic mass is 10.1. The molecule has 1 saturated heterocycles. The molecule has 1 atom stereocenters. The van der Waals surface area contributed by atoms with E-state index in [-0.39, 0.29) is 5.91 Å². The van der Waals surface area contributed by atoms with Gasteiger partial charge in [0.1, 0.15) is 11.8 Å². The summed E-state index contributed by atoms with van der Waals surface area (Å²) in [6, 6.07) is 12.8. The molecule has 4 heteroatoms. The predicted octanol–water partition coefficient (Wildman–Crippen LogP) is 2.02. The molecule has 1 amide bonds. The third-order valence-corrected chi connectivity index (χ3v) is 3.24. The van der Waals surface area contributed by atoms with E-state index in [0.717, 1.165) is 10.8 Å². The summed E-state index contributed by atoms with van der Waals surface area (Å²) >= 11 is 0. The number of carbonyl (C=O) groups is 2. The lowest BCUT2D eigenvalue weighted by Crippen LogP contribution is -2.36. The average molecular weight is 255 g/mol. The number of esters is 1. The Balaban J connectivity index is 1.85. The molecule has 0 saturated carbocycles. The van der Waals surface area contributed by atoms with Crippen LogP contribution in [0.5, 0.6) is 5.75 Å². The number of hydrogen-bond donors (Lipinski definition) is 1. The van der Waals surface area contributed by atoms with Crippen molar-refractivity contribution in [3.8, 4) is 5.75 Å². The molecular formula is C15H13NO3. The van der Waals surface area contributed by atoms with E-state index < -0.39 is 12.0 Å². The minimum Gasteiger partial charge on any atom is -0.424 e. The maximum Gasteiger partial charge on any atom is 0.334 e. The first-order valence-corrected chi connectivity index (χ1v) is 6.23. The van der Waals surface area contributed by atoms with Gasteiger partial charge in [-0.1, -0.05) is 36.4 Å². The van der Waals surface area contributed by atoms with E-state index in [2.05, 4.69) is 5.32 Å². The van der Waals surface area contributed by atoms with Crippen LogP contribution in [0.25, 0.3) is 10.8 Å². The zero-order chi connectivity index (χ0) is 13.2. The van der Waals surface area contributed by atoms with Gasteiger partial charge in [0.2, 0.25) is 5.91 Å². The average Bonchev–Trinajstić information content (AvgIpc) is 2.86. The van der Waals surface area contributed by atoms with Crippen molar-refractivity contribution < 1.29 is 14.3 Å². The molecule has 1 N–H and O–H groups in total. The number of rotatable bonds is 2. The summed E-state index contributed by atoms with van der Waals surface area (Å²) in [6.45, 7) is 0. The van der Waals surface area contributed by atoms with E-state index in [4.69, 9.17) is 4.74 Å². The fourth-order valence-electron chi connectivity index (χ4n) is 2.26. The van der Waals surface area contributed by atoms with Crippen LogP contribution < -0.4 is 10.1 Å². The van der Waals surface area contributed by atoms with Crippen LogP contribution in [0.3, 0.4) is 0 Å². The summed E-state index contributed by atoms with van der Waals surface area (Å²) in [5, 5.41) is 4.52. The molecule has 2 aromatic carbocycles. The van der Waals surface area contributed by atoms with Gasteiger partial charge >= 0.3 is 5.97 Å². The summed E-state index contributed by atoms with van der Waals surface area (Å²) in [6.07, 6.45) is 0.887. The highest BCUT2D eigenvalue weighted by Gasteiger charge is 2.29. The first kappa shape index (κ1) is 11.7. The number of carbonyl (C=O) groups excluding carboxylic acids is 2. The highest BCUT2D eigenvalue weighted by atomic mass is 16.5. The van der Waals surface area contributed by atoms with Crippen LogP contribution in [0, 0.1) is 0 Å². The molecular weight excluding hydrogens is 242 g/mol. The number of benzene rings is 2. The monoisotopic (exact) mass is 255 g/mol. The number of amides is 1. The third kappa shape index (κ3) is 2.29. The fraction of sp³-hybridized carbons (Fsp3) is 0.200. The first-order chi connectivity index (χ1) is 9.24. The minimum absolute atomic E-state index is 0.0973. The second-order valence-electron chi connectivity index (χ2n) is 4.56. The number of hydrogen-bond acceptors (Lipinski definition) is 3. The Bertz CT molecular complexity index is 645. The molecule has 0 unspecified atom stereocenters. The van der Waals surface area contributed by atoms with Crippen molar-refractivity contribution >= 4 is 22.6 Å². The Morgan fingerprint density at radius 2 is 1.95 bits per heavy atom. The summed E-state index contributed by atoms with van der Waals surface area (Å²) < 4.78 is 5.41. The summed E-state index contributed by atoms with van der Waals surface area (Å²) in [4.78, 5) is 23.1. The lowest BCUT2D eigenvalue weighted by molar-refractivity contribution is -0.137. The molecule has 96 valence electrons. The highest BCUT2D eigenvalue weighted by molar-refractivity contribution is 5.93. The van der Waals surface area contributed by atoms with E-state index in [1.807, 2.05) is 36.4 Å².